The molecule has 19 heavy (non-hydrogen) atoms. The predicted molar refractivity (Wildman–Crippen MR) is 72.7 cm³/mol. The van der Waals surface area contributed by atoms with E-state index in [0.29, 0.717) is 6.42 Å². The first-order chi connectivity index (χ1) is 8.66. The van der Waals surface area contributed by atoms with E-state index in [1.807, 2.05) is 30.3 Å². The van der Waals surface area contributed by atoms with Crippen molar-refractivity contribution in [2.45, 2.75) is 50.9 Å². The number of amides is 1. The van der Waals surface area contributed by atoms with Crippen LogP contribution in [0.5, 0.6) is 0 Å². The molecule has 0 saturated carbocycles. The van der Waals surface area contributed by atoms with Gasteiger partial charge in [-0.15, -0.1) is 0 Å². The first-order valence-corrected chi connectivity index (χ1v) is 6.45. The van der Waals surface area contributed by atoms with Crippen LogP contribution >= 0.6 is 0 Å². The standard InChI is InChI=1S/C15H21NO3/c1-13(2,11-8-6-5-7-9-11)10-14(3)15(4,18)16-12(17)19-14/h5-9,18H,10H2,1-4H3,(H,16,17)/t14-,15+/m0/s1. The fourth-order valence-electron chi connectivity index (χ4n) is 2.70. The summed E-state index contributed by atoms with van der Waals surface area (Å²) >= 11 is 0. The summed E-state index contributed by atoms with van der Waals surface area (Å²) in [5.41, 5.74) is -1.39. The average molecular weight is 263 g/mol. The van der Waals surface area contributed by atoms with E-state index < -0.39 is 17.4 Å². The number of hydrogen-bond acceptors (Lipinski definition) is 3. The van der Waals surface area contributed by atoms with Crippen molar-refractivity contribution in [2.24, 2.45) is 0 Å². The van der Waals surface area contributed by atoms with Gasteiger partial charge in [0.2, 0.25) is 0 Å². The summed E-state index contributed by atoms with van der Waals surface area (Å²) in [6.45, 7) is 7.49. The van der Waals surface area contributed by atoms with Gasteiger partial charge in [-0.2, -0.15) is 0 Å². The van der Waals surface area contributed by atoms with Gasteiger partial charge in [0.25, 0.3) is 0 Å². The quantitative estimate of drug-likeness (QED) is 0.881. The minimum absolute atomic E-state index is 0.216. The van der Waals surface area contributed by atoms with Gasteiger partial charge in [-0.1, -0.05) is 44.2 Å². The third kappa shape index (κ3) is 2.45. The second-order valence-corrected chi connectivity index (χ2v) is 6.24. The number of carbonyl (C=O) groups excluding carboxylic acids is 1. The van der Waals surface area contributed by atoms with Crippen LogP contribution in [0.2, 0.25) is 0 Å². The summed E-state index contributed by atoms with van der Waals surface area (Å²) in [6, 6.07) is 10.0. The van der Waals surface area contributed by atoms with E-state index >= 15 is 0 Å². The Labute approximate surface area is 113 Å². The molecule has 0 spiro atoms. The highest BCUT2D eigenvalue weighted by Crippen LogP contribution is 2.41. The lowest BCUT2D eigenvalue weighted by molar-refractivity contribution is -0.106. The van der Waals surface area contributed by atoms with Crippen molar-refractivity contribution in [2.75, 3.05) is 0 Å². The van der Waals surface area contributed by atoms with E-state index in [-0.39, 0.29) is 5.41 Å². The molecule has 2 atom stereocenters. The van der Waals surface area contributed by atoms with Crippen molar-refractivity contribution in [3.63, 3.8) is 0 Å². The number of rotatable bonds is 3. The van der Waals surface area contributed by atoms with Crippen LogP contribution in [-0.4, -0.2) is 22.5 Å². The van der Waals surface area contributed by atoms with Gasteiger partial charge in [-0.05, 0) is 24.8 Å². The second-order valence-electron chi connectivity index (χ2n) is 6.24. The molecule has 0 aromatic heterocycles. The van der Waals surface area contributed by atoms with Gasteiger partial charge in [0.15, 0.2) is 11.3 Å². The third-order valence-electron chi connectivity index (χ3n) is 4.03. The van der Waals surface area contributed by atoms with E-state index in [9.17, 15) is 9.90 Å². The zero-order valence-corrected chi connectivity index (χ0v) is 11.9. The molecule has 0 radical (unpaired) electrons. The number of ether oxygens (including phenoxy) is 1. The Morgan fingerprint density at radius 3 is 2.32 bits per heavy atom. The average Bonchev–Trinajstić information content (AvgIpc) is 2.47. The second kappa shape index (κ2) is 4.23. The maximum Gasteiger partial charge on any atom is 0.410 e. The lowest BCUT2D eigenvalue weighted by Crippen LogP contribution is -2.55. The molecule has 1 saturated heterocycles. The maximum absolute atomic E-state index is 11.4. The number of aliphatic hydroxyl groups is 1. The largest absolute Gasteiger partial charge is 0.438 e. The summed E-state index contributed by atoms with van der Waals surface area (Å²) in [7, 11) is 0. The molecule has 1 aromatic carbocycles. The van der Waals surface area contributed by atoms with Crippen molar-refractivity contribution in [1.29, 1.82) is 0 Å². The highest BCUT2D eigenvalue weighted by atomic mass is 16.6. The van der Waals surface area contributed by atoms with E-state index in [2.05, 4.69) is 19.2 Å². The van der Waals surface area contributed by atoms with Crippen molar-refractivity contribution < 1.29 is 14.6 Å². The zero-order valence-electron chi connectivity index (χ0n) is 11.9. The zero-order chi connectivity index (χ0) is 14.3. The fraction of sp³-hybridized carbons (Fsp3) is 0.533. The van der Waals surface area contributed by atoms with Crippen LogP contribution in [0.15, 0.2) is 30.3 Å². The van der Waals surface area contributed by atoms with Crippen LogP contribution in [0.25, 0.3) is 0 Å². The molecule has 4 nitrogen and oxygen atoms in total. The Balaban J connectivity index is 2.27. The monoisotopic (exact) mass is 263 g/mol. The molecule has 0 aliphatic carbocycles. The van der Waals surface area contributed by atoms with Crippen LogP contribution in [-0.2, 0) is 10.2 Å². The molecule has 0 bridgehead atoms. The van der Waals surface area contributed by atoms with Crippen molar-refractivity contribution in [1.82, 2.24) is 5.32 Å². The Morgan fingerprint density at radius 2 is 1.84 bits per heavy atom. The third-order valence-corrected chi connectivity index (χ3v) is 4.03. The van der Waals surface area contributed by atoms with Gasteiger partial charge in [-0.25, -0.2) is 4.79 Å². The van der Waals surface area contributed by atoms with Crippen LogP contribution in [0.4, 0.5) is 4.79 Å². The highest BCUT2D eigenvalue weighted by molar-refractivity contribution is 5.71. The normalized spacial score (nSPS) is 30.9. The molecule has 2 rings (SSSR count). The molecule has 1 aromatic rings. The van der Waals surface area contributed by atoms with Gasteiger partial charge in [0.1, 0.15) is 0 Å². The van der Waals surface area contributed by atoms with E-state index in [1.165, 1.54) is 0 Å². The maximum atomic E-state index is 11.4. The lowest BCUT2D eigenvalue weighted by Gasteiger charge is -2.39. The molecule has 1 fully saturated rings. The summed E-state index contributed by atoms with van der Waals surface area (Å²) < 4.78 is 5.32. The molecule has 104 valence electrons. The van der Waals surface area contributed by atoms with Gasteiger partial charge in [0.05, 0.1) is 0 Å². The SMILES string of the molecule is CC(C)(C[C@]1(C)OC(=O)N[C@]1(C)O)c1ccccc1. The highest BCUT2D eigenvalue weighted by Gasteiger charge is 2.55. The molecular weight excluding hydrogens is 242 g/mol. The number of nitrogens with one attached hydrogen (secondary N) is 1. The minimum Gasteiger partial charge on any atom is -0.438 e. The molecule has 4 heteroatoms. The molecular formula is C15H21NO3. The van der Waals surface area contributed by atoms with Crippen molar-refractivity contribution in [3.05, 3.63) is 35.9 Å². The number of benzene rings is 1. The molecule has 0 unspecified atom stereocenters. The molecule has 1 aliphatic heterocycles. The van der Waals surface area contributed by atoms with Crippen LogP contribution in [0, 0.1) is 0 Å². The number of carbonyl (C=O) groups is 1. The summed E-state index contributed by atoms with van der Waals surface area (Å²) in [4.78, 5) is 11.4. The van der Waals surface area contributed by atoms with E-state index in [0.717, 1.165) is 5.56 Å². The first kappa shape index (κ1) is 13.9. The molecule has 1 aliphatic rings. The summed E-state index contributed by atoms with van der Waals surface area (Å²) in [5, 5.41) is 12.8. The van der Waals surface area contributed by atoms with Gasteiger partial charge >= 0.3 is 6.09 Å². The van der Waals surface area contributed by atoms with Gasteiger partial charge < -0.3 is 9.84 Å². The molecule has 1 heterocycles. The number of hydrogen-bond donors (Lipinski definition) is 2. The van der Waals surface area contributed by atoms with E-state index in [4.69, 9.17) is 4.74 Å². The van der Waals surface area contributed by atoms with E-state index in [1.54, 1.807) is 13.8 Å². The van der Waals surface area contributed by atoms with Crippen molar-refractivity contribution in [3.8, 4) is 0 Å². The Hall–Kier alpha value is -1.55. The molecule has 2 N–H and O–H groups in total. The Morgan fingerprint density at radius 1 is 1.26 bits per heavy atom. The minimum atomic E-state index is -1.36. The number of cyclic esters (lactones) is 1. The summed E-state index contributed by atoms with van der Waals surface area (Å²) in [5.74, 6) is 0. The van der Waals surface area contributed by atoms with Crippen LogP contribution < -0.4 is 5.32 Å². The van der Waals surface area contributed by atoms with Crippen LogP contribution in [0.1, 0.15) is 39.7 Å². The predicted octanol–water partition coefficient (Wildman–Crippen LogP) is 2.56. The Bertz CT molecular complexity index is 481. The van der Waals surface area contributed by atoms with Gasteiger partial charge in [-0.3, -0.25) is 5.32 Å². The summed E-state index contributed by atoms with van der Waals surface area (Å²) in [6.07, 6.45) is -0.0492. The van der Waals surface area contributed by atoms with Gasteiger partial charge in [0, 0.05) is 6.42 Å². The Kier molecular flexibility index (Phi) is 3.09. The smallest absolute Gasteiger partial charge is 0.410 e. The number of alkyl carbamates (subject to hydrolysis) is 1. The first-order valence-electron chi connectivity index (χ1n) is 6.45. The van der Waals surface area contributed by atoms with Crippen LogP contribution in [0.3, 0.4) is 0 Å². The fourth-order valence-corrected chi connectivity index (χ4v) is 2.70. The van der Waals surface area contributed by atoms with Crippen molar-refractivity contribution >= 4 is 6.09 Å². The molecule has 1 amide bonds. The topological polar surface area (TPSA) is 58.6 Å². The lowest BCUT2D eigenvalue weighted by atomic mass is 9.73.